The fraction of sp³-hybridized carbons (Fsp3) is 0.417. The molecule has 1 aromatic rings. The molecule has 112 valence electrons. The van der Waals surface area contributed by atoms with Gasteiger partial charge in [-0.2, -0.15) is 0 Å². The first-order chi connectivity index (χ1) is 9.16. The van der Waals surface area contributed by atoms with E-state index in [1.165, 1.54) is 14.0 Å². The van der Waals surface area contributed by atoms with Crippen LogP contribution in [0.3, 0.4) is 0 Å². The molecule has 0 amide bonds. The lowest BCUT2D eigenvalue weighted by Crippen LogP contribution is -2.22. The van der Waals surface area contributed by atoms with Crippen LogP contribution >= 0.6 is 0 Å². The van der Waals surface area contributed by atoms with Crippen molar-refractivity contribution >= 4 is 16.0 Å². The van der Waals surface area contributed by atoms with Crippen molar-refractivity contribution in [1.82, 2.24) is 0 Å². The number of halogens is 1. The van der Waals surface area contributed by atoms with Crippen LogP contribution in [0.4, 0.5) is 4.39 Å². The molecule has 0 saturated heterocycles. The number of primary sulfonamides is 1. The summed E-state index contributed by atoms with van der Waals surface area (Å²) in [5, 5.41) is 4.98. The number of benzene rings is 1. The minimum absolute atomic E-state index is 0.0449. The number of hydrogen-bond acceptors (Lipinski definition) is 5. The number of methoxy groups -OCH3 is 1. The monoisotopic (exact) mass is 305 g/mol. The summed E-state index contributed by atoms with van der Waals surface area (Å²) in [7, 11) is -2.68. The standard InChI is InChI=1S/C12H16FNO5S/c1-7(6-18-3)19-12(15)10-4-9(13)5-11(8(10)2)20(14,16)17/h4-5,7H,6H2,1-3H3,(H2,14,16,17). The zero-order chi connectivity index (χ0) is 15.5. The van der Waals surface area contributed by atoms with Gasteiger partial charge in [-0.3, -0.25) is 0 Å². The number of carbonyl (C=O) groups excluding carboxylic acids is 1. The summed E-state index contributed by atoms with van der Waals surface area (Å²) in [5.41, 5.74) is -0.138. The van der Waals surface area contributed by atoms with E-state index in [4.69, 9.17) is 14.6 Å². The first-order valence-electron chi connectivity index (χ1n) is 5.69. The van der Waals surface area contributed by atoms with Crippen LogP contribution in [0, 0.1) is 12.7 Å². The fourth-order valence-electron chi connectivity index (χ4n) is 1.68. The normalized spacial score (nSPS) is 13.1. The molecule has 0 aliphatic heterocycles. The quantitative estimate of drug-likeness (QED) is 0.818. The Hall–Kier alpha value is -1.51. The summed E-state index contributed by atoms with van der Waals surface area (Å²) in [4.78, 5) is 11.5. The van der Waals surface area contributed by atoms with Gasteiger partial charge in [0.1, 0.15) is 11.9 Å². The largest absolute Gasteiger partial charge is 0.457 e. The van der Waals surface area contributed by atoms with Crippen LogP contribution in [0.15, 0.2) is 17.0 Å². The number of sulfonamides is 1. The van der Waals surface area contributed by atoms with E-state index in [0.29, 0.717) is 0 Å². The third-order valence-corrected chi connectivity index (χ3v) is 3.60. The molecule has 0 fully saturated rings. The van der Waals surface area contributed by atoms with Crippen molar-refractivity contribution in [2.75, 3.05) is 13.7 Å². The third kappa shape index (κ3) is 3.99. The highest BCUT2D eigenvalue weighted by Gasteiger charge is 2.22. The van der Waals surface area contributed by atoms with Crippen molar-refractivity contribution in [3.05, 3.63) is 29.1 Å². The van der Waals surface area contributed by atoms with E-state index in [-0.39, 0.29) is 17.7 Å². The van der Waals surface area contributed by atoms with E-state index in [9.17, 15) is 17.6 Å². The van der Waals surface area contributed by atoms with Gasteiger partial charge in [0.15, 0.2) is 0 Å². The number of hydrogen-bond donors (Lipinski definition) is 1. The number of esters is 1. The van der Waals surface area contributed by atoms with E-state index >= 15 is 0 Å². The summed E-state index contributed by atoms with van der Waals surface area (Å²) in [6, 6.07) is 1.67. The van der Waals surface area contributed by atoms with E-state index < -0.39 is 32.8 Å². The van der Waals surface area contributed by atoms with Crippen LogP contribution in [0.1, 0.15) is 22.8 Å². The average molecular weight is 305 g/mol. The lowest BCUT2D eigenvalue weighted by molar-refractivity contribution is 0.0119. The molecule has 0 aliphatic carbocycles. The van der Waals surface area contributed by atoms with E-state index in [2.05, 4.69) is 0 Å². The molecule has 8 heteroatoms. The van der Waals surface area contributed by atoms with E-state index in [1.54, 1.807) is 6.92 Å². The molecular weight excluding hydrogens is 289 g/mol. The Bertz CT molecular complexity index is 615. The van der Waals surface area contributed by atoms with Crippen LogP contribution in [0.5, 0.6) is 0 Å². The van der Waals surface area contributed by atoms with Crippen LogP contribution in [0.2, 0.25) is 0 Å². The van der Waals surface area contributed by atoms with Crippen LogP contribution in [-0.2, 0) is 19.5 Å². The van der Waals surface area contributed by atoms with Gasteiger partial charge in [0.25, 0.3) is 0 Å². The molecule has 1 atom stereocenters. The predicted molar refractivity (Wildman–Crippen MR) is 69.3 cm³/mol. The first kappa shape index (κ1) is 16.5. The number of rotatable bonds is 5. The maximum Gasteiger partial charge on any atom is 0.338 e. The van der Waals surface area contributed by atoms with Crippen molar-refractivity contribution in [2.24, 2.45) is 5.14 Å². The van der Waals surface area contributed by atoms with Gasteiger partial charge in [0.2, 0.25) is 10.0 Å². The summed E-state index contributed by atoms with van der Waals surface area (Å²) >= 11 is 0. The fourth-order valence-corrected chi connectivity index (χ4v) is 2.49. The number of ether oxygens (including phenoxy) is 2. The summed E-state index contributed by atoms with van der Waals surface area (Å²) < 4.78 is 45.9. The molecule has 1 rings (SSSR count). The Morgan fingerprint density at radius 1 is 1.45 bits per heavy atom. The maximum absolute atomic E-state index is 13.4. The van der Waals surface area contributed by atoms with Gasteiger partial charge in [-0.25, -0.2) is 22.7 Å². The molecule has 0 heterocycles. The molecule has 0 bridgehead atoms. The molecule has 2 N–H and O–H groups in total. The lowest BCUT2D eigenvalue weighted by atomic mass is 10.1. The predicted octanol–water partition coefficient (Wildman–Crippen LogP) is 0.973. The summed E-state index contributed by atoms with van der Waals surface area (Å²) in [6.07, 6.45) is -0.548. The molecule has 0 saturated carbocycles. The van der Waals surface area contributed by atoms with Crippen LogP contribution < -0.4 is 5.14 Å². The molecule has 0 radical (unpaired) electrons. The Kier molecular flexibility index (Phi) is 5.21. The third-order valence-electron chi connectivity index (χ3n) is 2.56. The van der Waals surface area contributed by atoms with Gasteiger partial charge in [0.05, 0.1) is 17.1 Å². The Morgan fingerprint density at radius 3 is 2.55 bits per heavy atom. The van der Waals surface area contributed by atoms with E-state index in [0.717, 1.165) is 12.1 Å². The molecular formula is C12H16FNO5S. The van der Waals surface area contributed by atoms with Gasteiger partial charge < -0.3 is 9.47 Å². The van der Waals surface area contributed by atoms with Crippen LogP contribution in [-0.4, -0.2) is 34.2 Å². The topological polar surface area (TPSA) is 95.7 Å². The second-order valence-electron chi connectivity index (χ2n) is 4.29. The molecule has 0 spiro atoms. The second kappa shape index (κ2) is 6.29. The SMILES string of the molecule is COCC(C)OC(=O)c1cc(F)cc(S(N)(=O)=O)c1C. The minimum Gasteiger partial charge on any atom is -0.457 e. The van der Waals surface area contributed by atoms with Crippen molar-refractivity contribution < 1.29 is 27.1 Å². The van der Waals surface area contributed by atoms with Gasteiger partial charge >= 0.3 is 5.97 Å². The van der Waals surface area contributed by atoms with Crippen LogP contribution in [0.25, 0.3) is 0 Å². The highest BCUT2D eigenvalue weighted by molar-refractivity contribution is 7.89. The van der Waals surface area contributed by atoms with Gasteiger partial charge in [-0.05, 0) is 31.5 Å². The zero-order valence-corrected chi connectivity index (χ0v) is 12.2. The first-order valence-corrected chi connectivity index (χ1v) is 7.24. The summed E-state index contributed by atoms with van der Waals surface area (Å²) in [6.45, 7) is 3.12. The molecule has 6 nitrogen and oxygen atoms in total. The number of nitrogens with two attached hydrogens (primary N) is 1. The van der Waals surface area contributed by atoms with Crippen molar-refractivity contribution in [2.45, 2.75) is 24.8 Å². The average Bonchev–Trinajstić information content (AvgIpc) is 2.30. The summed E-state index contributed by atoms with van der Waals surface area (Å²) in [5.74, 6) is -1.72. The maximum atomic E-state index is 13.4. The van der Waals surface area contributed by atoms with Crippen molar-refractivity contribution in [3.63, 3.8) is 0 Å². The highest BCUT2D eigenvalue weighted by Crippen LogP contribution is 2.21. The molecule has 0 aromatic heterocycles. The van der Waals surface area contributed by atoms with Crippen molar-refractivity contribution in [1.29, 1.82) is 0 Å². The zero-order valence-electron chi connectivity index (χ0n) is 11.3. The lowest BCUT2D eigenvalue weighted by Gasteiger charge is -2.14. The Morgan fingerprint density at radius 2 is 2.05 bits per heavy atom. The van der Waals surface area contributed by atoms with Gasteiger partial charge in [-0.15, -0.1) is 0 Å². The van der Waals surface area contributed by atoms with Gasteiger partial charge in [-0.1, -0.05) is 0 Å². The highest BCUT2D eigenvalue weighted by atomic mass is 32.2. The number of carbonyl (C=O) groups is 1. The molecule has 0 aliphatic rings. The molecule has 20 heavy (non-hydrogen) atoms. The smallest absolute Gasteiger partial charge is 0.338 e. The van der Waals surface area contributed by atoms with Crippen molar-refractivity contribution in [3.8, 4) is 0 Å². The second-order valence-corrected chi connectivity index (χ2v) is 5.82. The Labute approximate surface area is 116 Å². The molecule has 1 unspecified atom stereocenters. The van der Waals surface area contributed by atoms with E-state index in [1.807, 2.05) is 0 Å². The Balaban J connectivity index is 3.19. The molecule has 1 aromatic carbocycles. The minimum atomic E-state index is -4.12. The van der Waals surface area contributed by atoms with Gasteiger partial charge in [0, 0.05) is 7.11 Å².